The third-order valence-corrected chi connectivity index (χ3v) is 15.2. The molecule has 1 amide bonds. The van der Waals surface area contributed by atoms with Crippen molar-refractivity contribution in [3.8, 4) is 0 Å². The zero-order valence-electron chi connectivity index (χ0n) is 52.8. The van der Waals surface area contributed by atoms with Crippen LogP contribution < -0.4 is 5.32 Å². The first-order chi connectivity index (χ1) is 40.7. The number of aliphatic hydroxyl groups is 5. The summed E-state index contributed by atoms with van der Waals surface area (Å²) in [5, 5.41) is 57.2. The Bertz CT molecular complexity index is 1770. The molecule has 0 aliphatic carbocycles. The highest BCUT2D eigenvalue weighted by atomic mass is 16.7. The zero-order chi connectivity index (χ0) is 60.3. The standard InChI is InChI=1S/C72H123NO10/c1-4-7-10-13-16-19-22-25-27-29-30-31-32-33-34-35-37-38-41-44-47-50-53-56-59-65(76)71(80)73-63(64(75)58-55-52-49-46-43-40-24-21-18-15-12-9-6-3)62-81-72-70(69(79)68(78)66(61-74)82-72)83-67(77)60-57-54-51-48-45-42-39-36-28-26-23-20-17-14-11-8-5-2/h7,10,16-17,19-20,25-28,30-31,33-34,37-38,55,58,63-66,68-70,72,74-76,78-79H,4-6,8-9,11-15,18,21-24,29,32,35-36,39-54,56-57,59-62H2,1-3H3,(H,73,80)/b10-7-,19-16-,20-17-,27-25-,28-26-,31-30-,34-33-,38-37-,58-55+. The van der Waals surface area contributed by atoms with Gasteiger partial charge >= 0.3 is 5.97 Å². The molecule has 1 rings (SSSR count). The molecule has 0 aromatic heterocycles. The van der Waals surface area contributed by atoms with E-state index in [-0.39, 0.29) is 19.4 Å². The van der Waals surface area contributed by atoms with Crippen molar-refractivity contribution in [2.75, 3.05) is 13.2 Å². The summed E-state index contributed by atoms with van der Waals surface area (Å²) in [7, 11) is 0. The molecule has 1 heterocycles. The Morgan fingerprint density at radius 1 is 0.482 bits per heavy atom. The Hall–Kier alpha value is -3.68. The van der Waals surface area contributed by atoms with Crippen molar-refractivity contribution in [1.82, 2.24) is 5.32 Å². The van der Waals surface area contributed by atoms with Gasteiger partial charge in [0.2, 0.25) is 5.91 Å². The molecule has 11 nitrogen and oxygen atoms in total. The van der Waals surface area contributed by atoms with E-state index < -0.39 is 67.4 Å². The number of ether oxygens (including phenoxy) is 3. The number of nitrogens with one attached hydrogen (secondary N) is 1. The number of rotatable bonds is 56. The van der Waals surface area contributed by atoms with Crippen molar-refractivity contribution in [3.63, 3.8) is 0 Å². The average molecular weight is 1160 g/mol. The second-order valence-electron chi connectivity index (χ2n) is 22.8. The van der Waals surface area contributed by atoms with E-state index in [0.717, 1.165) is 128 Å². The number of unbranched alkanes of at least 4 members (excludes halogenated alkanes) is 26. The molecule has 0 radical (unpaired) electrons. The van der Waals surface area contributed by atoms with E-state index in [1.54, 1.807) is 6.08 Å². The van der Waals surface area contributed by atoms with E-state index in [1.165, 1.54) is 96.3 Å². The molecular weight excluding hydrogens is 1040 g/mol. The Morgan fingerprint density at radius 2 is 0.867 bits per heavy atom. The van der Waals surface area contributed by atoms with Gasteiger partial charge in [-0.2, -0.15) is 0 Å². The molecule has 476 valence electrons. The maximum Gasteiger partial charge on any atom is 0.306 e. The molecule has 1 aliphatic heterocycles. The maximum atomic E-state index is 13.5. The highest BCUT2D eigenvalue weighted by Crippen LogP contribution is 2.26. The normalized spacial score (nSPS) is 19.3. The highest BCUT2D eigenvalue weighted by Gasteiger charge is 2.47. The third-order valence-electron chi connectivity index (χ3n) is 15.2. The van der Waals surface area contributed by atoms with Crippen LogP contribution in [0.3, 0.4) is 0 Å². The van der Waals surface area contributed by atoms with E-state index in [2.05, 4.69) is 123 Å². The Morgan fingerprint density at radius 3 is 1.33 bits per heavy atom. The molecule has 11 heteroatoms. The van der Waals surface area contributed by atoms with E-state index in [0.29, 0.717) is 12.8 Å². The summed E-state index contributed by atoms with van der Waals surface area (Å²) in [6.07, 6.45) is 69.7. The Balaban J connectivity index is 2.66. The van der Waals surface area contributed by atoms with Gasteiger partial charge in [-0.1, -0.05) is 265 Å². The summed E-state index contributed by atoms with van der Waals surface area (Å²) >= 11 is 0. The fourth-order valence-corrected chi connectivity index (χ4v) is 9.86. The van der Waals surface area contributed by atoms with Crippen LogP contribution in [0, 0.1) is 0 Å². The van der Waals surface area contributed by atoms with E-state index in [1.807, 2.05) is 6.08 Å². The molecule has 83 heavy (non-hydrogen) atoms. The Kier molecular flexibility index (Phi) is 54.7. The van der Waals surface area contributed by atoms with Crippen molar-refractivity contribution in [2.24, 2.45) is 0 Å². The second-order valence-corrected chi connectivity index (χ2v) is 22.8. The van der Waals surface area contributed by atoms with Crippen LogP contribution in [0.2, 0.25) is 0 Å². The van der Waals surface area contributed by atoms with Crippen LogP contribution in [-0.4, -0.2) is 99.6 Å². The largest absolute Gasteiger partial charge is 0.454 e. The molecule has 1 aliphatic rings. The quantitative estimate of drug-likeness (QED) is 0.0195. The minimum absolute atomic E-state index is 0.108. The molecule has 0 aromatic rings. The van der Waals surface area contributed by atoms with Crippen LogP contribution in [0.5, 0.6) is 0 Å². The number of esters is 1. The Labute approximate surface area is 507 Å². The van der Waals surface area contributed by atoms with Gasteiger partial charge in [-0.3, -0.25) is 9.59 Å². The van der Waals surface area contributed by atoms with Gasteiger partial charge in [-0.05, 0) is 109 Å². The lowest BCUT2D eigenvalue weighted by Crippen LogP contribution is -2.61. The van der Waals surface area contributed by atoms with Crippen LogP contribution in [0.25, 0.3) is 0 Å². The summed E-state index contributed by atoms with van der Waals surface area (Å²) in [5.74, 6) is -1.22. The number of aliphatic hydroxyl groups excluding tert-OH is 5. The molecule has 0 bridgehead atoms. The molecule has 8 atom stereocenters. The molecule has 0 aromatic carbocycles. The average Bonchev–Trinajstić information content (AvgIpc) is 3.67. The molecule has 1 saturated heterocycles. The lowest BCUT2D eigenvalue weighted by molar-refractivity contribution is -0.305. The first-order valence-corrected chi connectivity index (χ1v) is 33.7. The second kappa shape index (κ2) is 58.7. The summed E-state index contributed by atoms with van der Waals surface area (Å²) in [6, 6.07) is -1.04. The number of hydrogen-bond acceptors (Lipinski definition) is 10. The minimum atomic E-state index is -1.63. The van der Waals surface area contributed by atoms with E-state index in [4.69, 9.17) is 14.2 Å². The molecule has 6 N–H and O–H groups in total. The van der Waals surface area contributed by atoms with E-state index >= 15 is 0 Å². The van der Waals surface area contributed by atoms with Crippen molar-refractivity contribution in [1.29, 1.82) is 0 Å². The van der Waals surface area contributed by atoms with Crippen LogP contribution in [0.15, 0.2) is 109 Å². The molecular formula is C72H123NO10. The zero-order valence-corrected chi connectivity index (χ0v) is 52.8. The van der Waals surface area contributed by atoms with Gasteiger partial charge in [-0.15, -0.1) is 0 Å². The van der Waals surface area contributed by atoms with Gasteiger partial charge in [0.25, 0.3) is 0 Å². The lowest BCUT2D eigenvalue weighted by Gasteiger charge is -2.41. The molecule has 1 fully saturated rings. The number of hydrogen-bond donors (Lipinski definition) is 6. The number of carbonyl (C=O) groups excluding carboxylic acids is 2. The van der Waals surface area contributed by atoms with Gasteiger partial charge in [0.15, 0.2) is 12.4 Å². The van der Waals surface area contributed by atoms with Crippen molar-refractivity contribution in [2.45, 2.75) is 320 Å². The third kappa shape index (κ3) is 46.2. The first kappa shape index (κ1) is 77.3. The van der Waals surface area contributed by atoms with Crippen LogP contribution in [0.4, 0.5) is 0 Å². The monoisotopic (exact) mass is 1160 g/mol. The predicted molar refractivity (Wildman–Crippen MR) is 347 cm³/mol. The molecule has 0 saturated carbocycles. The topological polar surface area (TPSA) is 175 Å². The van der Waals surface area contributed by atoms with Crippen molar-refractivity contribution >= 4 is 11.9 Å². The van der Waals surface area contributed by atoms with Gasteiger partial charge in [0, 0.05) is 6.42 Å². The summed E-state index contributed by atoms with van der Waals surface area (Å²) in [4.78, 5) is 26.6. The maximum absolute atomic E-state index is 13.5. The van der Waals surface area contributed by atoms with Gasteiger partial charge in [-0.25, -0.2) is 0 Å². The van der Waals surface area contributed by atoms with Gasteiger partial charge in [0.1, 0.15) is 24.4 Å². The summed E-state index contributed by atoms with van der Waals surface area (Å²) in [5.41, 5.74) is 0. The summed E-state index contributed by atoms with van der Waals surface area (Å²) in [6.45, 7) is 5.65. The van der Waals surface area contributed by atoms with Crippen molar-refractivity contribution in [3.05, 3.63) is 109 Å². The fourth-order valence-electron chi connectivity index (χ4n) is 9.86. The van der Waals surface area contributed by atoms with Crippen LogP contribution >= 0.6 is 0 Å². The molecule has 0 spiro atoms. The number of carbonyl (C=O) groups is 2. The minimum Gasteiger partial charge on any atom is -0.454 e. The molecule has 8 unspecified atom stereocenters. The predicted octanol–water partition coefficient (Wildman–Crippen LogP) is 16.8. The number of amides is 1. The highest BCUT2D eigenvalue weighted by molar-refractivity contribution is 5.80. The fraction of sp³-hybridized carbons (Fsp3) is 0.722. The first-order valence-electron chi connectivity index (χ1n) is 33.7. The van der Waals surface area contributed by atoms with Crippen LogP contribution in [0.1, 0.15) is 271 Å². The van der Waals surface area contributed by atoms with E-state index in [9.17, 15) is 35.1 Å². The van der Waals surface area contributed by atoms with Crippen molar-refractivity contribution < 1.29 is 49.3 Å². The summed E-state index contributed by atoms with van der Waals surface area (Å²) < 4.78 is 17.6. The van der Waals surface area contributed by atoms with Gasteiger partial charge in [0.05, 0.1) is 25.4 Å². The lowest BCUT2D eigenvalue weighted by atomic mass is 9.99. The smallest absolute Gasteiger partial charge is 0.306 e. The van der Waals surface area contributed by atoms with Gasteiger partial charge < -0.3 is 45.1 Å². The number of allylic oxidation sites excluding steroid dienone is 17. The van der Waals surface area contributed by atoms with Crippen LogP contribution in [-0.2, 0) is 23.8 Å². The SMILES string of the molecule is CC/C=C\C/C=C\C/C=C\C/C=C\C/C=C\C/C=C\CCCCCCCC(O)C(=O)NC(COC1OC(CO)C(O)C(O)C1OC(=O)CCCCCCCCC/C=C\C/C=C\CCCCC)C(O)/C=C/CCCCCCCCCCCCC.